The summed E-state index contributed by atoms with van der Waals surface area (Å²) in [6.45, 7) is 3.79. The first-order chi connectivity index (χ1) is 11.5. The Hall–Kier alpha value is -2.31. The molecule has 0 aliphatic heterocycles. The number of halogens is 1. The Morgan fingerprint density at radius 3 is 2.71 bits per heavy atom. The first kappa shape index (κ1) is 16.5. The second-order valence-electron chi connectivity index (χ2n) is 5.39. The van der Waals surface area contributed by atoms with Crippen LogP contribution in [0.4, 0.5) is 5.13 Å². The molecule has 0 aliphatic carbocycles. The average Bonchev–Trinajstić information content (AvgIpc) is 2.98. The van der Waals surface area contributed by atoms with Crippen molar-refractivity contribution in [3.63, 3.8) is 0 Å². The molecule has 0 unspecified atom stereocenters. The molecule has 0 spiro atoms. The molecule has 122 valence electrons. The minimum atomic E-state index is -0.318. The van der Waals surface area contributed by atoms with Crippen LogP contribution in [-0.2, 0) is 6.42 Å². The topological polar surface area (TPSA) is 67.8 Å². The quantitative estimate of drug-likeness (QED) is 0.764. The number of hydrogen-bond donors (Lipinski definition) is 1. The molecule has 0 aliphatic rings. The third kappa shape index (κ3) is 3.96. The molecule has 3 aromatic rings. The molecule has 1 aromatic carbocycles. The summed E-state index contributed by atoms with van der Waals surface area (Å²) in [4.78, 5) is 25.5. The molecule has 7 heteroatoms. The van der Waals surface area contributed by atoms with Crippen molar-refractivity contribution in [2.24, 2.45) is 0 Å². The van der Waals surface area contributed by atoms with Crippen molar-refractivity contribution in [3.8, 4) is 0 Å². The van der Waals surface area contributed by atoms with E-state index in [-0.39, 0.29) is 11.6 Å². The van der Waals surface area contributed by atoms with E-state index in [1.165, 1.54) is 17.5 Å². The Balaban J connectivity index is 1.67. The number of aryl methyl sites for hydroxylation is 2. The fourth-order valence-electron chi connectivity index (χ4n) is 2.07. The molecule has 2 aromatic heterocycles. The lowest BCUT2D eigenvalue weighted by Crippen LogP contribution is -2.13. The van der Waals surface area contributed by atoms with E-state index >= 15 is 0 Å². The summed E-state index contributed by atoms with van der Waals surface area (Å²) < 4.78 is 0. The summed E-state index contributed by atoms with van der Waals surface area (Å²) >= 11 is 7.58. The highest BCUT2D eigenvalue weighted by atomic mass is 35.5. The largest absolute Gasteiger partial charge is 0.296 e. The predicted octanol–water partition coefficient (Wildman–Crippen LogP) is 4.05. The smallest absolute Gasteiger partial charge is 0.277 e. The van der Waals surface area contributed by atoms with Gasteiger partial charge < -0.3 is 0 Å². The Morgan fingerprint density at radius 2 is 2.00 bits per heavy atom. The summed E-state index contributed by atoms with van der Waals surface area (Å²) in [6, 6.07) is 6.00. The molecule has 2 heterocycles. The number of thiazole rings is 1. The number of rotatable bonds is 4. The van der Waals surface area contributed by atoms with Crippen LogP contribution in [0.5, 0.6) is 0 Å². The Morgan fingerprint density at radius 1 is 1.17 bits per heavy atom. The van der Waals surface area contributed by atoms with Gasteiger partial charge in [-0.25, -0.2) is 9.97 Å². The van der Waals surface area contributed by atoms with E-state index < -0.39 is 0 Å². The lowest BCUT2D eigenvalue weighted by Gasteiger charge is -2.02. The molecule has 5 nitrogen and oxygen atoms in total. The van der Waals surface area contributed by atoms with Crippen molar-refractivity contribution in [3.05, 3.63) is 69.2 Å². The van der Waals surface area contributed by atoms with Gasteiger partial charge in [-0.15, -0.1) is 11.3 Å². The molecule has 0 bridgehead atoms. The highest BCUT2D eigenvalue weighted by Gasteiger charge is 2.11. The van der Waals surface area contributed by atoms with Crippen LogP contribution in [0.15, 0.2) is 36.8 Å². The van der Waals surface area contributed by atoms with Gasteiger partial charge in [-0.2, -0.15) is 0 Å². The zero-order valence-corrected chi connectivity index (χ0v) is 14.8. The van der Waals surface area contributed by atoms with Crippen LogP contribution in [0, 0.1) is 13.8 Å². The SMILES string of the molecule is Cc1cnc(C(=O)Nc2ncc(Cc3ccc(C)c(Cl)c3)s2)cn1. The molecule has 1 amide bonds. The zero-order chi connectivity index (χ0) is 17.1. The Kier molecular flexibility index (Phi) is 4.87. The van der Waals surface area contributed by atoms with Gasteiger partial charge in [0.15, 0.2) is 5.13 Å². The number of carbonyl (C=O) groups is 1. The fourth-order valence-corrected chi connectivity index (χ4v) is 3.11. The van der Waals surface area contributed by atoms with Crippen LogP contribution < -0.4 is 5.32 Å². The van der Waals surface area contributed by atoms with Crippen LogP contribution in [0.2, 0.25) is 5.02 Å². The van der Waals surface area contributed by atoms with Crippen LogP contribution in [0.25, 0.3) is 0 Å². The normalized spacial score (nSPS) is 10.6. The predicted molar refractivity (Wildman–Crippen MR) is 95.8 cm³/mol. The van der Waals surface area contributed by atoms with Gasteiger partial charge in [-0.3, -0.25) is 15.1 Å². The van der Waals surface area contributed by atoms with Gasteiger partial charge in [0.2, 0.25) is 0 Å². The highest BCUT2D eigenvalue weighted by Crippen LogP contribution is 2.24. The molecule has 0 saturated heterocycles. The van der Waals surface area contributed by atoms with Crippen LogP contribution >= 0.6 is 22.9 Å². The summed E-state index contributed by atoms with van der Waals surface area (Å²) in [5.74, 6) is -0.318. The summed E-state index contributed by atoms with van der Waals surface area (Å²) in [7, 11) is 0. The van der Waals surface area contributed by atoms with Crippen molar-refractivity contribution >= 4 is 34.0 Å². The number of nitrogens with one attached hydrogen (secondary N) is 1. The van der Waals surface area contributed by atoms with Crippen LogP contribution in [-0.4, -0.2) is 20.9 Å². The van der Waals surface area contributed by atoms with Crippen molar-refractivity contribution in [2.75, 3.05) is 5.32 Å². The second kappa shape index (κ2) is 7.07. The number of hydrogen-bond acceptors (Lipinski definition) is 5. The number of aromatic nitrogens is 3. The Bertz CT molecular complexity index is 877. The van der Waals surface area contributed by atoms with E-state index in [1.54, 1.807) is 12.4 Å². The first-order valence-electron chi connectivity index (χ1n) is 7.31. The van der Waals surface area contributed by atoms with Crippen molar-refractivity contribution in [1.29, 1.82) is 0 Å². The van der Waals surface area contributed by atoms with Crippen LogP contribution in [0.3, 0.4) is 0 Å². The molecular formula is C17H15ClN4OS. The van der Waals surface area contributed by atoms with Crippen LogP contribution in [0.1, 0.15) is 32.2 Å². The van der Waals surface area contributed by atoms with Crippen molar-refractivity contribution in [1.82, 2.24) is 15.0 Å². The van der Waals surface area contributed by atoms with E-state index in [0.29, 0.717) is 5.13 Å². The lowest BCUT2D eigenvalue weighted by molar-refractivity contribution is 0.102. The van der Waals surface area contributed by atoms with E-state index in [0.717, 1.165) is 33.1 Å². The molecule has 0 atom stereocenters. The zero-order valence-electron chi connectivity index (χ0n) is 13.2. The third-order valence-corrected chi connectivity index (χ3v) is 4.72. The molecule has 0 fully saturated rings. The molecule has 0 saturated carbocycles. The van der Waals surface area contributed by atoms with Crippen molar-refractivity contribution in [2.45, 2.75) is 20.3 Å². The van der Waals surface area contributed by atoms with Gasteiger partial charge in [-0.05, 0) is 31.0 Å². The minimum absolute atomic E-state index is 0.266. The standard InChI is InChI=1S/C17H15ClN4OS/c1-10-3-4-12(6-14(10)18)5-13-8-21-17(24-13)22-16(23)15-9-19-11(2)7-20-15/h3-4,6-9H,5H2,1-2H3,(H,21,22,23). The monoisotopic (exact) mass is 358 g/mol. The first-order valence-corrected chi connectivity index (χ1v) is 8.50. The van der Waals surface area contributed by atoms with E-state index in [1.807, 2.05) is 32.0 Å². The number of anilines is 1. The number of amides is 1. The fraction of sp³-hybridized carbons (Fsp3) is 0.176. The maximum Gasteiger partial charge on any atom is 0.277 e. The van der Waals surface area contributed by atoms with Crippen molar-refractivity contribution < 1.29 is 4.79 Å². The van der Waals surface area contributed by atoms with Gasteiger partial charge >= 0.3 is 0 Å². The third-order valence-electron chi connectivity index (χ3n) is 3.40. The lowest BCUT2D eigenvalue weighted by atomic mass is 10.1. The summed E-state index contributed by atoms with van der Waals surface area (Å²) in [5.41, 5.74) is 3.19. The van der Waals surface area contributed by atoms with Gasteiger partial charge in [-0.1, -0.05) is 23.7 Å². The number of benzene rings is 1. The Labute approximate surface area is 148 Å². The maximum atomic E-state index is 12.1. The number of nitrogens with zero attached hydrogens (tertiary/aromatic N) is 3. The molecule has 3 rings (SSSR count). The van der Waals surface area contributed by atoms with Gasteiger partial charge in [0, 0.05) is 28.7 Å². The molecule has 0 radical (unpaired) electrons. The van der Waals surface area contributed by atoms with Gasteiger partial charge in [0.25, 0.3) is 5.91 Å². The maximum absolute atomic E-state index is 12.1. The minimum Gasteiger partial charge on any atom is -0.296 e. The summed E-state index contributed by atoms with van der Waals surface area (Å²) in [6.07, 6.45) is 5.49. The van der Waals surface area contributed by atoms with E-state index in [4.69, 9.17) is 11.6 Å². The van der Waals surface area contributed by atoms with E-state index in [9.17, 15) is 4.79 Å². The molecule has 1 N–H and O–H groups in total. The summed E-state index contributed by atoms with van der Waals surface area (Å²) in [5, 5.41) is 4.04. The molecule has 24 heavy (non-hydrogen) atoms. The van der Waals surface area contributed by atoms with Gasteiger partial charge in [0.1, 0.15) is 5.69 Å². The highest BCUT2D eigenvalue weighted by molar-refractivity contribution is 7.15. The average molecular weight is 359 g/mol. The second-order valence-corrected chi connectivity index (χ2v) is 6.91. The number of carbonyl (C=O) groups excluding carboxylic acids is 1. The molecular weight excluding hydrogens is 344 g/mol. The van der Waals surface area contributed by atoms with E-state index in [2.05, 4.69) is 20.3 Å². The van der Waals surface area contributed by atoms with Gasteiger partial charge in [0.05, 0.1) is 11.9 Å².